The number of hydrogen-bond acceptors (Lipinski definition) is 5. The number of nitrogens with one attached hydrogen (secondary N) is 1. The number of ether oxygens (including phenoxy) is 2. The summed E-state index contributed by atoms with van der Waals surface area (Å²) < 4.78 is 11.5. The van der Waals surface area contributed by atoms with Crippen LogP contribution < -0.4 is 20.3 Å². The van der Waals surface area contributed by atoms with Gasteiger partial charge in [-0.25, -0.2) is 4.68 Å². The van der Waals surface area contributed by atoms with Crippen molar-refractivity contribution in [1.82, 2.24) is 9.78 Å². The Hall–Kier alpha value is -2.83. The van der Waals surface area contributed by atoms with E-state index in [9.17, 15) is 9.59 Å². The number of aromatic nitrogens is 2. The van der Waals surface area contributed by atoms with Crippen molar-refractivity contribution in [2.75, 3.05) is 19.5 Å². The number of amides is 1. The summed E-state index contributed by atoms with van der Waals surface area (Å²) in [6.45, 7) is -0.140. The largest absolute Gasteiger partial charge is 0.497 e. The summed E-state index contributed by atoms with van der Waals surface area (Å²) in [5.41, 5.74) is 1.10. The molecule has 1 aromatic carbocycles. The van der Waals surface area contributed by atoms with Crippen LogP contribution in [0.2, 0.25) is 0 Å². The van der Waals surface area contributed by atoms with Gasteiger partial charge in [-0.15, -0.1) is 0 Å². The number of anilines is 1. The molecule has 0 radical (unpaired) electrons. The average Bonchev–Trinajstić information content (AvgIpc) is 3.41. The zero-order chi connectivity index (χ0) is 17.1. The normalized spacial score (nSPS) is 13.4. The highest BCUT2D eigenvalue weighted by Gasteiger charge is 2.25. The molecule has 1 amide bonds. The Labute approximate surface area is 139 Å². The van der Waals surface area contributed by atoms with E-state index in [4.69, 9.17) is 9.47 Å². The maximum atomic E-state index is 12.2. The molecule has 3 rings (SSSR count). The van der Waals surface area contributed by atoms with Crippen molar-refractivity contribution in [3.63, 3.8) is 0 Å². The van der Waals surface area contributed by atoms with E-state index in [0.717, 1.165) is 18.5 Å². The van der Waals surface area contributed by atoms with E-state index in [1.807, 2.05) is 0 Å². The minimum atomic E-state index is -0.340. The monoisotopic (exact) mass is 329 g/mol. The molecule has 2 aromatic rings. The molecule has 1 aliphatic rings. The second-order valence-electron chi connectivity index (χ2n) is 5.68. The van der Waals surface area contributed by atoms with Crippen LogP contribution in [0.25, 0.3) is 0 Å². The van der Waals surface area contributed by atoms with Crippen LogP contribution in [0.5, 0.6) is 11.5 Å². The van der Waals surface area contributed by atoms with Gasteiger partial charge in [-0.05, 0) is 18.9 Å². The summed E-state index contributed by atoms with van der Waals surface area (Å²) in [5.74, 6) is 1.21. The zero-order valence-electron chi connectivity index (χ0n) is 13.6. The second kappa shape index (κ2) is 6.74. The minimum Gasteiger partial charge on any atom is -0.497 e. The van der Waals surface area contributed by atoms with E-state index in [1.54, 1.807) is 24.3 Å². The van der Waals surface area contributed by atoms with Gasteiger partial charge in [-0.2, -0.15) is 5.10 Å². The molecule has 7 heteroatoms. The number of nitrogens with zero attached hydrogens (tertiary/aromatic N) is 2. The van der Waals surface area contributed by atoms with Crippen molar-refractivity contribution >= 4 is 11.6 Å². The Balaban J connectivity index is 1.74. The quantitative estimate of drug-likeness (QED) is 0.873. The average molecular weight is 329 g/mol. The summed E-state index contributed by atoms with van der Waals surface area (Å²) in [6.07, 6.45) is 2.17. The van der Waals surface area contributed by atoms with Gasteiger partial charge in [-0.3, -0.25) is 9.59 Å². The smallest absolute Gasteiger partial charge is 0.267 e. The molecule has 1 heterocycles. The summed E-state index contributed by atoms with van der Waals surface area (Å²) in [5, 5.41) is 7.01. The predicted octanol–water partition coefficient (Wildman–Crippen LogP) is 1.78. The molecule has 0 unspecified atom stereocenters. The van der Waals surface area contributed by atoms with Crippen molar-refractivity contribution in [3.05, 3.63) is 46.4 Å². The highest BCUT2D eigenvalue weighted by Crippen LogP contribution is 2.38. The molecule has 1 aromatic heterocycles. The zero-order valence-corrected chi connectivity index (χ0v) is 13.6. The van der Waals surface area contributed by atoms with Crippen LogP contribution in [0.1, 0.15) is 24.5 Å². The Bertz CT molecular complexity index is 789. The molecule has 126 valence electrons. The van der Waals surface area contributed by atoms with Crippen LogP contribution in [0, 0.1) is 0 Å². The fourth-order valence-corrected chi connectivity index (χ4v) is 2.39. The molecule has 1 aliphatic carbocycles. The number of hydrogen-bond donors (Lipinski definition) is 1. The first-order valence-corrected chi connectivity index (χ1v) is 7.70. The Morgan fingerprint density at radius 2 is 1.88 bits per heavy atom. The Morgan fingerprint density at radius 3 is 2.46 bits per heavy atom. The van der Waals surface area contributed by atoms with Crippen LogP contribution in [0.4, 0.5) is 5.69 Å². The number of carbonyl (C=O) groups is 1. The van der Waals surface area contributed by atoms with E-state index in [-0.39, 0.29) is 18.0 Å². The van der Waals surface area contributed by atoms with Crippen molar-refractivity contribution in [3.8, 4) is 11.5 Å². The van der Waals surface area contributed by atoms with Gasteiger partial charge in [0.2, 0.25) is 5.91 Å². The maximum absolute atomic E-state index is 12.2. The van der Waals surface area contributed by atoms with Crippen LogP contribution in [0.3, 0.4) is 0 Å². The molecule has 0 bridgehead atoms. The third kappa shape index (κ3) is 3.73. The molecule has 7 nitrogen and oxygen atoms in total. The lowest BCUT2D eigenvalue weighted by Gasteiger charge is -2.10. The first-order valence-electron chi connectivity index (χ1n) is 7.70. The van der Waals surface area contributed by atoms with Crippen molar-refractivity contribution < 1.29 is 14.3 Å². The minimum absolute atomic E-state index is 0.140. The fraction of sp³-hybridized carbons (Fsp3) is 0.353. The van der Waals surface area contributed by atoms with E-state index in [2.05, 4.69) is 10.4 Å². The Morgan fingerprint density at radius 1 is 1.21 bits per heavy atom. The molecule has 1 N–H and O–H groups in total. The fourth-order valence-electron chi connectivity index (χ4n) is 2.39. The summed E-state index contributed by atoms with van der Waals surface area (Å²) in [7, 11) is 3.07. The molecular formula is C17H19N3O4. The lowest BCUT2D eigenvalue weighted by Crippen LogP contribution is -2.29. The molecule has 0 saturated heterocycles. The molecule has 1 saturated carbocycles. The molecular weight excluding hydrogens is 310 g/mol. The summed E-state index contributed by atoms with van der Waals surface area (Å²) >= 11 is 0. The first-order chi connectivity index (χ1) is 11.6. The standard InChI is InChI=1S/C17H19N3O4/c1-23-13-7-12(8-14(9-13)24-2)18-16(21)10-20-17(22)6-5-15(19-20)11-3-4-11/h5-9,11H,3-4,10H2,1-2H3,(H,18,21). The lowest BCUT2D eigenvalue weighted by molar-refractivity contribution is -0.117. The van der Waals surface area contributed by atoms with Crippen LogP contribution in [-0.2, 0) is 11.3 Å². The molecule has 0 atom stereocenters. The third-order valence-electron chi connectivity index (χ3n) is 3.81. The summed E-state index contributed by atoms with van der Waals surface area (Å²) in [4.78, 5) is 24.1. The van der Waals surface area contributed by atoms with Crippen molar-refractivity contribution in [1.29, 1.82) is 0 Å². The summed E-state index contributed by atoms with van der Waals surface area (Å²) in [6, 6.07) is 8.26. The SMILES string of the molecule is COc1cc(NC(=O)Cn2nc(C3CC3)ccc2=O)cc(OC)c1. The number of rotatable bonds is 6. The molecule has 1 fully saturated rings. The van der Waals surface area contributed by atoms with Gasteiger partial charge in [0.15, 0.2) is 0 Å². The Kier molecular flexibility index (Phi) is 4.50. The van der Waals surface area contributed by atoms with E-state index in [1.165, 1.54) is 25.0 Å². The van der Waals surface area contributed by atoms with Crippen LogP contribution in [-0.4, -0.2) is 29.9 Å². The molecule has 0 spiro atoms. The lowest BCUT2D eigenvalue weighted by atomic mass is 10.2. The third-order valence-corrected chi connectivity index (χ3v) is 3.81. The topological polar surface area (TPSA) is 82.5 Å². The van der Waals surface area contributed by atoms with Crippen molar-refractivity contribution in [2.45, 2.75) is 25.3 Å². The van der Waals surface area contributed by atoms with Crippen molar-refractivity contribution in [2.24, 2.45) is 0 Å². The highest BCUT2D eigenvalue weighted by atomic mass is 16.5. The van der Waals surface area contributed by atoms with Gasteiger partial charge < -0.3 is 14.8 Å². The number of carbonyl (C=O) groups excluding carboxylic acids is 1. The molecule has 0 aliphatic heterocycles. The highest BCUT2D eigenvalue weighted by molar-refractivity contribution is 5.91. The van der Waals surface area contributed by atoms with E-state index >= 15 is 0 Å². The van der Waals surface area contributed by atoms with Gasteiger partial charge in [0.05, 0.1) is 19.9 Å². The van der Waals surface area contributed by atoms with Gasteiger partial charge in [0.25, 0.3) is 5.56 Å². The maximum Gasteiger partial charge on any atom is 0.267 e. The predicted molar refractivity (Wildman–Crippen MR) is 88.6 cm³/mol. The number of methoxy groups -OCH3 is 2. The molecule has 24 heavy (non-hydrogen) atoms. The van der Waals surface area contributed by atoms with Gasteiger partial charge in [0.1, 0.15) is 18.0 Å². The van der Waals surface area contributed by atoms with Crippen LogP contribution in [0.15, 0.2) is 35.1 Å². The van der Waals surface area contributed by atoms with Gasteiger partial charge in [0, 0.05) is 35.9 Å². The number of benzene rings is 1. The second-order valence-corrected chi connectivity index (χ2v) is 5.68. The van der Waals surface area contributed by atoms with Crippen LogP contribution >= 0.6 is 0 Å². The van der Waals surface area contributed by atoms with Gasteiger partial charge >= 0.3 is 0 Å². The van der Waals surface area contributed by atoms with Gasteiger partial charge in [-0.1, -0.05) is 0 Å². The first kappa shape index (κ1) is 16.0. The van der Waals surface area contributed by atoms with E-state index in [0.29, 0.717) is 23.1 Å². The van der Waals surface area contributed by atoms with E-state index < -0.39 is 0 Å².